The third kappa shape index (κ3) is 2.98. The van der Waals surface area contributed by atoms with E-state index in [2.05, 4.69) is 0 Å². The van der Waals surface area contributed by atoms with Gasteiger partial charge in [-0.05, 0) is 24.5 Å². The molecule has 0 bridgehead atoms. The number of carboxylic acids is 1. The van der Waals surface area contributed by atoms with Gasteiger partial charge < -0.3 is 24.2 Å². The van der Waals surface area contributed by atoms with Crippen LogP contribution in [-0.4, -0.2) is 55.3 Å². The molecule has 7 heteroatoms. The Morgan fingerprint density at radius 1 is 1.29 bits per heavy atom. The third-order valence-electron chi connectivity index (χ3n) is 4.58. The molecule has 0 radical (unpaired) electrons. The number of rotatable bonds is 3. The van der Waals surface area contributed by atoms with Crippen molar-refractivity contribution in [2.45, 2.75) is 13.3 Å². The summed E-state index contributed by atoms with van der Waals surface area (Å²) in [5.41, 5.74) is 0.456. The number of likely N-dealkylation sites (tertiary alicyclic amines) is 1. The van der Waals surface area contributed by atoms with E-state index in [1.165, 1.54) is 7.11 Å². The molecule has 1 N–H and O–H groups in total. The van der Waals surface area contributed by atoms with E-state index in [-0.39, 0.29) is 11.8 Å². The van der Waals surface area contributed by atoms with Crippen LogP contribution in [0.2, 0.25) is 0 Å². The fourth-order valence-corrected chi connectivity index (χ4v) is 3.28. The maximum atomic E-state index is 12.8. The summed E-state index contributed by atoms with van der Waals surface area (Å²) in [7, 11) is 1.52. The Morgan fingerprint density at radius 2 is 2.04 bits per heavy atom. The zero-order chi connectivity index (χ0) is 17.3. The molecule has 130 valence electrons. The van der Waals surface area contributed by atoms with Crippen LogP contribution in [0.3, 0.4) is 0 Å². The lowest BCUT2D eigenvalue weighted by Crippen LogP contribution is -2.45. The molecule has 0 aliphatic carbocycles. The van der Waals surface area contributed by atoms with Crippen molar-refractivity contribution in [1.82, 2.24) is 4.90 Å². The van der Waals surface area contributed by atoms with Crippen LogP contribution in [0.5, 0.6) is 17.2 Å². The molecule has 3 rings (SSSR count). The zero-order valence-electron chi connectivity index (χ0n) is 13.8. The minimum absolute atomic E-state index is 0.0840. The topological polar surface area (TPSA) is 85.3 Å². The Kier molecular flexibility index (Phi) is 4.51. The molecule has 1 fully saturated rings. The van der Waals surface area contributed by atoms with Gasteiger partial charge in [0.2, 0.25) is 5.75 Å². The molecule has 24 heavy (non-hydrogen) atoms. The predicted octanol–water partition coefficient (Wildman–Crippen LogP) is 1.65. The molecule has 7 nitrogen and oxygen atoms in total. The SMILES string of the molecule is COc1cc(C(=O)N2CCC(C(=O)O)C(C)C2)cc2c1OCCO2. The average molecular weight is 335 g/mol. The molecule has 2 atom stereocenters. The normalized spacial score (nSPS) is 22.8. The molecule has 1 aromatic rings. The summed E-state index contributed by atoms with van der Waals surface area (Å²) in [5, 5.41) is 9.20. The van der Waals surface area contributed by atoms with Crippen LogP contribution in [0.25, 0.3) is 0 Å². The molecule has 2 heterocycles. The lowest BCUT2D eigenvalue weighted by Gasteiger charge is -2.35. The Hall–Kier alpha value is -2.44. The summed E-state index contributed by atoms with van der Waals surface area (Å²) < 4.78 is 16.4. The Morgan fingerprint density at radius 3 is 2.71 bits per heavy atom. The highest BCUT2D eigenvalue weighted by atomic mass is 16.6. The Bertz CT molecular complexity index is 641. The van der Waals surface area contributed by atoms with E-state index in [9.17, 15) is 14.7 Å². The summed E-state index contributed by atoms with van der Waals surface area (Å²) in [6.45, 7) is 3.58. The summed E-state index contributed by atoms with van der Waals surface area (Å²) in [4.78, 5) is 25.7. The second-order valence-corrected chi connectivity index (χ2v) is 6.16. The molecule has 0 aromatic heterocycles. The zero-order valence-corrected chi connectivity index (χ0v) is 13.8. The van der Waals surface area contributed by atoms with Gasteiger partial charge in [0.05, 0.1) is 13.0 Å². The van der Waals surface area contributed by atoms with Crippen molar-refractivity contribution < 1.29 is 28.9 Å². The molecule has 1 amide bonds. The molecule has 2 aliphatic heterocycles. The van der Waals surface area contributed by atoms with Crippen LogP contribution in [-0.2, 0) is 4.79 Å². The molecular weight excluding hydrogens is 314 g/mol. The minimum atomic E-state index is -0.796. The summed E-state index contributed by atoms with van der Waals surface area (Å²) in [6, 6.07) is 3.30. The van der Waals surface area contributed by atoms with Crippen molar-refractivity contribution in [3.63, 3.8) is 0 Å². The van der Waals surface area contributed by atoms with Gasteiger partial charge in [-0.15, -0.1) is 0 Å². The number of benzene rings is 1. The highest BCUT2D eigenvalue weighted by molar-refractivity contribution is 5.96. The largest absolute Gasteiger partial charge is 0.493 e. The molecular formula is C17H21NO6. The summed E-state index contributed by atoms with van der Waals surface area (Å²) in [6.07, 6.45) is 0.462. The second kappa shape index (κ2) is 6.59. The lowest BCUT2D eigenvalue weighted by molar-refractivity contribution is -0.145. The number of aliphatic carboxylic acids is 1. The van der Waals surface area contributed by atoms with Crippen molar-refractivity contribution in [3.8, 4) is 17.2 Å². The fourth-order valence-electron chi connectivity index (χ4n) is 3.28. The number of methoxy groups -OCH3 is 1. The van der Waals surface area contributed by atoms with Crippen molar-refractivity contribution >= 4 is 11.9 Å². The lowest BCUT2D eigenvalue weighted by atomic mass is 9.87. The van der Waals surface area contributed by atoms with E-state index in [0.717, 1.165) is 0 Å². The standard InChI is InChI=1S/C17H21NO6/c1-10-9-18(4-3-12(10)17(20)21)16(19)11-7-13(22-2)15-14(8-11)23-5-6-24-15/h7-8,10,12H,3-6,9H2,1-2H3,(H,20,21). The van der Waals surface area contributed by atoms with Crippen LogP contribution in [0.4, 0.5) is 0 Å². The highest BCUT2D eigenvalue weighted by Crippen LogP contribution is 2.40. The molecule has 0 saturated carbocycles. The summed E-state index contributed by atoms with van der Waals surface area (Å²) >= 11 is 0. The van der Waals surface area contributed by atoms with Crippen LogP contribution in [0.1, 0.15) is 23.7 Å². The maximum Gasteiger partial charge on any atom is 0.306 e. The number of nitrogens with zero attached hydrogens (tertiary/aromatic N) is 1. The van der Waals surface area contributed by atoms with Gasteiger partial charge in [0.25, 0.3) is 5.91 Å². The number of carbonyl (C=O) groups is 2. The molecule has 1 aromatic carbocycles. The quantitative estimate of drug-likeness (QED) is 0.904. The van der Waals surface area contributed by atoms with Crippen LogP contribution in [0, 0.1) is 11.8 Å². The molecule has 0 spiro atoms. The van der Waals surface area contributed by atoms with E-state index in [1.807, 2.05) is 6.92 Å². The summed E-state index contributed by atoms with van der Waals surface area (Å²) in [5.74, 6) is 0.0411. The number of carboxylic acid groups (broad SMARTS) is 1. The van der Waals surface area contributed by atoms with Gasteiger partial charge in [-0.1, -0.05) is 6.92 Å². The molecule has 2 aliphatic rings. The van der Waals surface area contributed by atoms with Gasteiger partial charge in [0.1, 0.15) is 13.2 Å². The van der Waals surface area contributed by atoms with E-state index in [4.69, 9.17) is 14.2 Å². The van der Waals surface area contributed by atoms with E-state index in [1.54, 1.807) is 17.0 Å². The van der Waals surface area contributed by atoms with Gasteiger partial charge >= 0.3 is 5.97 Å². The average Bonchev–Trinajstić information content (AvgIpc) is 2.59. The first kappa shape index (κ1) is 16.4. The fraction of sp³-hybridized carbons (Fsp3) is 0.529. The minimum Gasteiger partial charge on any atom is -0.493 e. The predicted molar refractivity (Wildman–Crippen MR) is 84.8 cm³/mol. The first-order valence-corrected chi connectivity index (χ1v) is 8.01. The van der Waals surface area contributed by atoms with E-state index < -0.39 is 11.9 Å². The van der Waals surface area contributed by atoms with Gasteiger partial charge in [0, 0.05) is 18.7 Å². The van der Waals surface area contributed by atoms with Crippen LogP contribution < -0.4 is 14.2 Å². The highest BCUT2D eigenvalue weighted by Gasteiger charge is 2.34. The Labute approximate surface area is 140 Å². The number of carbonyl (C=O) groups excluding carboxylic acids is 1. The van der Waals surface area contributed by atoms with Crippen molar-refractivity contribution in [3.05, 3.63) is 17.7 Å². The van der Waals surface area contributed by atoms with Crippen molar-refractivity contribution in [2.24, 2.45) is 11.8 Å². The van der Waals surface area contributed by atoms with Crippen molar-refractivity contribution in [2.75, 3.05) is 33.4 Å². The first-order chi connectivity index (χ1) is 11.5. The Balaban J connectivity index is 1.82. The number of hydrogen-bond acceptors (Lipinski definition) is 5. The van der Waals surface area contributed by atoms with Crippen LogP contribution in [0.15, 0.2) is 12.1 Å². The smallest absolute Gasteiger partial charge is 0.306 e. The number of fused-ring (bicyclic) bond motifs is 1. The monoisotopic (exact) mass is 335 g/mol. The van der Waals surface area contributed by atoms with Crippen molar-refractivity contribution in [1.29, 1.82) is 0 Å². The van der Waals surface area contributed by atoms with Gasteiger partial charge in [-0.2, -0.15) is 0 Å². The molecule has 1 saturated heterocycles. The molecule has 2 unspecified atom stereocenters. The van der Waals surface area contributed by atoms with E-state index in [0.29, 0.717) is 55.5 Å². The number of amides is 1. The van der Waals surface area contributed by atoms with Gasteiger partial charge in [-0.3, -0.25) is 9.59 Å². The number of ether oxygens (including phenoxy) is 3. The van der Waals surface area contributed by atoms with Gasteiger partial charge in [-0.25, -0.2) is 0 Å². The van der Waals surface area contributed by atoms with Crippen LogP contribution >= 0.6 is 0 Å². The van der Waals surface area contributed by atoms with Gasteiger partial charge in [0.15, 0.2) is 11.5 Å². The third-order valence-corrected chi connectivity index (χ3v) is 4.58. The first-order valence-electron chi connectivity index (χ1n) is 8.01. The maximum absolute atomic E-state index is 12.8. The number of piperidine rings is 1. The second-order valence-electron chi connectivity index (χ2n) is 6.16. The van der Waals surface area contributed by atoms with E-state index >= 15 is 0 Å². The number of hydrogen-bond donors (Lipinski definition) is 1.